The Bertz CT molecular complexity index is 943. The van der Waals surface area contributed by atoms with Gasteiger partial charge in [-0.05, 0) is 49.5 Å². The van der Waals surface area contributed by atoms with Gasteiger partial charge in [0.05, 0.1) is 11.6 Å². The van der Waals surface area contributed by atoms with Crippen molar-refractivity contribution in [3.63, 3.8) is 0 Å². The highest BCUT2D eigenvalue weighted by Gasteiger charge is 2.44. The van der Waals surface area contributed by atoms with Crippen LogP contribution in [-0.2, 0) is 0 Å². The number of nitrogens with one attached hydrogen (secondary N) is 1. The summed E-state index contributed by atoms with van der Waals surface area (Å²) in [6.07, 6.45) is 4.58. The highest BCUT2D eigenvalue weighted by Crippen LogP contribution is 2.44. The summed E-state index contributed by atoms with van der Waals surface area (Å²) >= 11 is 1.62. The van der Waals surface area contributed by atoms with Gasteiger partial charge >= 0.3 is 0 Å². The second-order valence-corrected chi connectivity index (χ2v) is 8.97. The van der Waals surface area contributed by atoms with Crippen LogP contribution in [0, 0.1) is 0 Å². The Morgan fingerprint density at radius 2 is 1.59 bits per heavy atom. The Morgan fingerprint density at radius 3 is 2.21 bits per heavy atom. The van der Waals surface area contributed by atoms with E-state index in [9.17, 15) is 4.79 Å². The lowest BCUT2D eigenvalue weighted by atomic mass is 9.82. The molecular formula is C25H28N2OS. The number of amides is 1. The number of hydrogen-bond donors (Lipinski definition) is 1. The van der Waals surface area contributed by atoms with Gasteiger partial charge in [-0.2, -0.15) is 0 Å². The second-order valence-electron chi connectivity index (χ2n) is 8.05. The van der Waals surface area contributed by atoms with Crippen molar-refractivity contribution < 1.29 is 4.79 Å². The van der Waals surface area contributed by atoms with Crippen LogP contribution in [0.15, 0.2) is 72.1 Å². The molecule has 1 saturated carbocycles. The molecule has 0 spiro atoms. The van der Waals surface area contributed by atoms with Crippen molar-refractivity contribution in [2.75, 3.05) is 14.1 Å². The number of thiophene rings is 1. The fourth-order valence-corrected chi connectivity index (χ4v) is 5.56. The molecule has 4 rings (SSSR count). The normalized spacial score (nSPS) is 16.7. The fraction of sp³-hybridized carbons (Fsp3) is 0.320. The molecule has 0 bridgehead atoms. The number of benzene rings is 2. The SMILES string of the molecule is CN(C)C1(C(NC(=O)c2ccsc2-c2ccccc2)c2ccccc2)CCCC1. The van der Waals surface area contributed by atoms with Crippen molar-refractivity contribution in [1.82, 2.24) is 10.2 Å². The first-order valence-corrected chi connectivity index (χ1v) is 11.2. The van der Waals surface area contributed by atoms with Crippen molar-refractivity contribution in [3.05, 3.63) is 83.2 Å². The maximum absolute atomic E-state index is 13.5. The highest BCUT2D eigenvalue weighted by molar-refractivity contribution is 7.14. The van der Waals surface area contributed by atoms with Crippen LogP contribution >= 0.6 is 11.3 Å². The van der Waals surface area contributed by atoms with Crippen molar-refractivity contribution in [3.8, 4) is 10.4 Å². The Kier molecular flexibility index (Phi) is 5.84. The van der Waals surface area contributed by atoms with Crippen molar-refractivity contribution in [2.45, 2.75) is 37.3 Å². The van der Waals surface area contributed by atoms with E-state index in [4.69, 9.17) is 0 Å². The number of nitrogens with zero attached hydrogens (tertiary/aromatic N) is 1. The first kappa shape index (κ1) is 19.9. The summed E-state index contributed by atoms with van der Waals surface area (Å²) in [5, 5.41) is 5.44. The molecule has 4 heteroatoms. The minimum Gasteiger partial charge on any atom is -0.343 e. The van der Waals surface area contributed by atoms with Crippen LogP contribution in [-0.4, -0.2) is 30.4 Å². The maximum atomic E-state index is 13.5. The molecule has 1 unspecified atom stereocenters. The van der Waals surface area contributed by atoms with Gasteiger partial charge in [-0.25, -0.2) is 0 Å². The predicted molar refractivity (Wildman–Crippen MR) is 121 cm³/mol. The van der Waals surface area contributed by atoms with Crippen LogP contribution in [0.25, 0.3) is 10.4 Å². The van der Waals surface area contributed by atoms with Crippen LogP contribution in [0.4, 0.5) is 0 Å². The van der Waals surface area contributed by atoms with Crippen molar-refractivity contribution in [2.24, 2.45) is 0 Å². The molecule has 2 aromatic carbocycles. The highest BCUT2D eigenvalue weighted by atomic mass is 32.1. The van der Waals surface area contributed by atoms with Crippen molar-refractivity contribution in [1.29, 1.82) is 0 Å². The molecule has 0 radical (unpaired) electrons. The Hall–Kier alpha value is -2.43. The van der Waals surface area contributed by atoms with Crippen LogP contribution in [0.1, 0.15) is 47.6 Å². The van der Waals surface area contributed by atoms with Crippen LogP contribution in [0.5, 0.6) is 0 Å². The van der Waals surface area contributed by atoms with Gasteiger partial charge in [0.2, 0.25) is 0 Å². The molecule has 1 aliphatic rings. The second kappa shape index (κ2) is 8.52. The monoisotopic (exact) mass is 404 g/mol. The summed E-state index contributed by atoms with van der Waals surface area (Å²) in [6.45, 7) is 0. The van der Waals surface area contributed by atoms with Crippen LogP contribution < -0.4 is 5.32 Å². The van der Waals surface area contributed by atoms with E-state index in [0.717, 1.165) is 28.8 Å². The summed E-state index contributed by atoms with van der Waals surface area (Å²) in [4.78, 5) is 16.8. The molecule has 1 heterocycles. The molecule has 1 fully saturated rings. The van der Waals surface area contributed by atoms with E-state index in [0.29, 0.717) is 0 Å². The van der Waals surface area contributed by atoms with E-state index in [1.54, 1.807) is 11.3 Å². The van der Waals surface area contributed by atoms with Gasteiger partial charge in [0.15, 0.2) is 0 Å². The topological polar surface area (TPSA) is 32.3 Å². The lowest BCUT2D eigenvalue weighted by molar-refractivity contribution is 0.0767. The minimum absolute atomic E-state index is 0.00656. The van der Waals surface area contributed by atoms with E-state index in [-0.39, 0.29) is 17.5 Å². The summed E-state index contributed by atoms with van der Waals surface area (Å²) in [5.74, 6) is 0.00656. The molecule has 1 amide bonds. The van der Waals surface area contributed by atoms with Gasteiger partial charge in [-0.3, -0.25) is 4.79 Å². The van der Waals surface area contributed by atoms with E-state index in [1.165, 1.54) is 18.4 Å². The number of hydrogen-bond acceptors (Lipinski definition) is 3. The molecule has 150 valence electrons. The van der Waals surface area contributed by atoms with Gasteiger partial charge in [0.25, 0.3) is 5.91 Å². The zero-order valence-electron chi connectivity index (χ0n) is 17.1. The molecule has 29 heavy (non-hydrogen) atoms. The Balaban J connectivity index is 1.69. The lowest BCUT2D eigenvalue weighted by Crippen LogP contribution is -2.53. The molecule has 0 saturated heterocycles. The number of carbonyl (C=O) groups excluding carboxylic acids is 1. The number of carbonyl (C=O) groups is 1. The average molecular weight is 405 g/mol. The van der Waals surface area contributed by atoms with Gasteiger partial charge < -0.3 is 10.2 Å². The zero-order chi connectivity index (χ0) is 20.3. The summed E-state index contributed by atoms with van der Waals surface area (Å²) < 4.78 is 0. The largest absolute Gasteiger partial charge is 0.343 e. The average Bonchev–Trinajstić information content (AvgIpc) is 3.44. The maximum Gasteiger partial charge on any atom is 0.253 e. The quantitative estimate of drug-likeness (QED) is 0.566. The van der Waals surface area contributed by atoms with Gasteiger partial charge in [0, 0.05) is 10.4 Å². The third-order valence-corrected chi connectivity index (χ3v) is 7.22. The summed E-state index contributed by atoms with van der Waals surface area (Å²) in [7, 11) is 4.29. The molecule has 1 aliphatic carbocycles. The van der Waals surface area contributed by atoms with Crippen LogP contribution in [0.3, 0.4) is 0 Å². The first-order valence-electron chi connectivity index (χ1n) is 10.3. The molecule has 0 aliphatic heterocycles. The smallest absolute Gasteiger partial charge is 0.253 e. The minimum atomic E-state index is -0.0556. The lowest BCUT2D eigenvalue weighted by Gasteiger charge is -2.44. The van der Waals surface area contributed by atoms with E-state index in [2.05, 4.69) is 60.7 Å². The van der Waals surface area contributed by atoms with Gasteiger partial charge in [0.1, 0.15) is 0 Å². The molecule has 1 aromatic heterocycles. The third-order valence-electron chi connectivity index (χ3n) is 6.25. The zero-order valence-corrected chi connectivity index (χ0v) is 17.9. The fourth-order valence-electron chi connectivity index (χ4n) is 4.66. The van der Waals surface area contributed by atoms with E-state index < -0.39 is 0 Å². The van der Waals surface area contributed by atoms with Crippen molar-refractivity contribution >= 4 is 17.2 Å². The van der Waals surface area contributed by atoms with Crippen LogP contribution in [0.2, 0.25) is 0 Å². The first-order chi connectivity index (χ1) is 14.1. The number of likely N-dealkylation sites (N-methyl/N-ethyl adjacent to an activating group) is 1. The molecular weight excluding hydrogens is 376 g/mol. The number of rotatable bonds is 6. The molecule has 1 atom stereocenters. The third kappa shape index (κ3) is 3.87. The molecule has 3 aromatic rings. The predicted octanol–water partition coefficient (Wildman–Crippen LogP) is 5.76. The molecule has 1 N–H and O–H groups in total. The Labute approximate surface area is 177 Å². The van der Waals surface area contributed by atoms with Gasteiger partial charge in [-0.1, -0.05) is 73.5 Å². The summed E-state index contributed by atoms with van der Waals surface area (Å²) in [5.41, 5.74) is 2.97. The Morgan fingerprint density at radius 1 is 0.966 bits per heavy atom. The van der Waals surface area contributed by atoms with E-state index >= 15 is 0 Å². The standard InChI is InChI=1S/C25H28N2OS/c1-27(2)25(16-9-10-17-25)23(20-13-7-4-8-14-20)26-24(28)21-15-18-29-22(21)19-11-5-3-6-12-19/h3-8,11-15,18,23H,9-10,16-17H2,1-2H3,(H,26,28). The van der Waals surface area contributed by atoms with Gasteiger partial charge in [-0.15, -0.1) is 11.3 Å². The molecule has 3 nitrogen and oxygen atoms in total. The van der Waals surface area contributed by atoms with E-state index in [1.807, 2.05) is 35.7 Å². The summed E-state index contributed by atoms with van der Waals surface area (Å²) in [6, 6.07) is 22.5.